The van der Waals surface area contributed by atoms with Crippen molar-refractivity contribution in [3.63, 3.8) is 0 Å². The molecule has 2 heteroatoms. The molecule has 1 fully saturated rings. The Balaban J connectivity index is 1.78. The molecule has 2 nitrogen and oxygen atoms in total. The minimum Gasteiger partial charge on any atom is -0.371 e. The van der Waals surface area contributed by atoms with Gasteiger partial charge in [0.05, 0.1) is 0 Å². The van der Waals surface area contributed by atoms with Crippen molar-refractivity contribution in [3.8, 4) is 0 Å². The number of piperidine rings is 1. The number of nitrogens with one attached hydrogen (secondary N) is 1. The van der Waals surface area contributed by atoms with Gasteiger partial charge >= 0.3 is 0 Å². The second kappa shape index (κ2) is 5.54. The number of likely N-dealkylation sites (N-methyl/N-ethyl adjacent to an activating group) is 1. The van der Waals surface area contributed by atoms with E-state index in [1.165, 1.54) is 50.1 Å². The Hall–Kier alpha value is -1.02. The molecule has 0 saturated carbocycles. The van der Waals surface area contributed by atoms with E-state index in [1.807, 2.05) is 0 Å². The molecule has 0 spiro atoms. The lowest BCUT2D eigenvalue weighted by Gasteiger charge is -2.26. The molecule has 0 amide bonds. The van der Waals surface area contributed by atoms with E-state index in [0.29, 0.717) is 0 Å². The van der Waals surface area contributed by atoms with Crippen molar-refractivity contribution in [1.29, 1.82) is 0 Å². The molecule has 1 N–H and O–H groups in total. The van der Waals surface area contributed by atoms with Gasteiger partial charge in [-0.15, -0.1) is 0 Å². The normalized spacial score (nSPS) is 26.5. The van der Waals surface area contributed by atoms with Gasteiger partial charge in [-0.1, -0.05) is 17.7 Å². The van der Waals surface area contributed by atoms with Crippen LogP contribution in [-0.2, 0) is 0 Å². The van der Waals surface area contributed by atoms with Crippen molar-refractivity contribution in [2.24, 2.45) is 5.92 Å². The Kier molecular flexibility index (Phi) is 3.79. The fraction of sp³-hybridized carbons (Fsp3) is 0.647. The van der Waals surface area contributed by atoms with Crippen LogP contribution < -0.4 is 10.2 Å². The summed E-state index contributed by atoms with van der Waals surface area (Å²) in [5, 5.41) is 3.56. The summed E-state index contributed by atoms with van der Waals surface area (Å²) >= 11 is 0. The van der Waals surface area contributed by atoms with Crippen LogP contribution in [0.3, 0.4) is 0 Å². The van der Waals surface area contributed by atoms with Gasteiger partial charge in [-0.25, -0.2) is 0 Å². The van der Waals surface area contributed by atoms with Gasteiger partial charge in [0.1, 0.15) is 0 Å². The third-order valence-corrected chi connectivity index (χ3v) is 4.80. The molecule has 2 atom stereocenters. The molecule has 104 valence electrons. The van der Waals surface area contributed by atoms with Crippen molar-refractivity contribution in [2.45, 2.75) is 39.0 Å². The summed E-state index contributed by atoms with van der Waals surface area (Å²) in [6, 6.07) is 7.01. The maximum atomic E-state index is 3.56. The molecular formula is C17H26N2. The zero-order chi connectivity index (χ0) is 13.2. The van der Waals surface area contributed by atoms with Crippen molar-refractivity contribution < 1.29 is 0 Å². The maximum absolute atomic E-state index is 3.56. The summed E-state index contributed by atoms with van der Waals surface area (Å²) in [6.45, 7) is 9.30. The summed E-state index contributed by atoms with van der Waals surface area (Å²) in [4.78, 5) is 2.55. The van der Waals surface area contributed by atoms with Gasteiger partial charge in [-0.3, -0.25) is 0 Å². The third-order valence-electron chi connectivity index (χ3n) is 4.80. The van der Waals surface area contributed by atoms with Gasteiger partial charge in [0.15, 0.2) is 0 Å². The fourth-order valence-electron chi connectivity index (χ4n) is 3.78. The lowest BCUT2D eigenvalue weighted by molar-refractivity contribution is 0.338. The average Bonchev–Trinajstić information content (AvgIpc) is 2.77. The van der Waals surface area contributed by atoms with E-state index in [1.54, 1.807) is 5.56 Å². The van der Waals surface area contributed by atoms with Crippen LogP contribution in [0.2, 0.25) is 0 Å². The summed E-state index contributed by atoms with van der Waals surface area (Å²) < 4.78 is 0. The molecule has 0 aromatic heterocycles. The van der Waals surface area contributed by atoms with Crippen molar-refractivity contribution >= 4 is 5.69 Å². The number of fused-ring (bicyclic) bond motifs is 1. The van der Waals surface area contributed by atoms with Crippen LogP contribution in [0, 0.1) is 12.8 Å². The molecule has 19 heavy (non-hydrogen) atoms. The van der Waals surface area contributed by atoms with Gasteiger partial charge in [0.2, 0.25) is 0 Å². The van der Waals surface area contributed by atoms with Crippen LogP contribution in [0.1, 0.15) is 43.2 Å². The number of benzene rings is 1. The smallest absolute Gasteiger partial charge is 0.0402 e. The molecule has 2 unspecified atom stereocenters. The molecule has 0 bridgehead atoms. The number of hydrogen-bond acceptors (Lipinski definition) is 2. The number of rotatable bonds is 3. The Bertz CT molecular complexity index is 435. The quantitative estimate of drug-likeness (QED) is 0.895. The van der Waals surface area contributed by atoms with Crippen LogP contribution in [0.5, 0.6) is 0 Å². The monoisotopic (exact) mass is 258 g/mol. The van der Waals surface area contributed by atoms with E-state index in [2.05, 4.69) is 42.3 Å². The van der Waals surface area contributed by atoms with Gasteiger partial charge in [0, 0.05) is 24.7 Å². The lowest BCUT2D eigenvalue weighted by atomic mass is 9.86. The van der Waals surface area contributed by atoms with Crippen LogP contribution in [-0.4, -0.2) is 26.2 Å². The first-order valence-corrected chi connectivity index (χ1v) is 7.84. The lowest BCUT2D eigenvalue weighted by Crippen LogP contribution is -2.31. The molecule has 2 heterocycles. The van der Waals surface area contributed by atoms with E-state index >= 15 is 0 Å². The van der Waals surface area contributed by atoms with Crippen LogP contribution in [0.25, 0.3) is 0 Å². The third kappa shape index (κ3) is 2.64. The molecule has 1 aromatic rings. The van der Waals surface area contributed by atoms with E-state index in [-0.39, 0.29) is 0 Å². The largest absolute Gasteiger partial charge is 0.371 e. The van der Waals surface area contributed by atoms with Gasteiger partial charge in [-0.05, 0) is 63.7 Å². The standard InChI is InChI=1S/C17H26N2/c1-3-19-12-15(10-14-5-4-8-18-11-14)16-9-13(2)6-7-17(16)19/h6-7,9,14-15,18H,3-5,8,10-12H2,1-2H3. The molecule has 2 aliphatic rings. The summed E-state index contributed by atoms with van der Waals surface area (Å²) in [7, 11) is 0. The average molecular weight is 258 g/mol. The van der Waals surface area contributed by atoms with E-state index in [0.717, 1.165) is 18.4 Å². The molecule has 2 aliphatic heterocycles. The predicted molar refractivity (Wildman–Crippen MR) is 82.0 cm³/mol. The molecule has 1 aromatic carbocycles. The van der Waals surface area contributed by atoms with Gasteiger partial charge < -0.3 is 10.2 Å². The fourth-order valence-corrected chi connectivity index (χ4v) is 3.78. The Morgan fingerprint density at radius 1 is 1.37 bits per heavy atom. The first kappa shape index (κ1) is 13.0. The Morgan fingerprint density at radius 2 is 2.26 bits per heavy atom. The second-order valence-corrected chi connectivity index (χ2v) is 6.25. The van der Waals surface area contributed by atoms with Crippen LogP contribution >= 0.6 is 0 Å². The highest BCUT2D eigenvalue weighted by Gasteiger charge is 2.30. The maximum Gasteiger partial charge on any atom is 0.0402 e. The zero-order valence-corrected chi connectivity index (χ0v) is 12.3. The van der Waals surface area contributed by atoms with Crippen LogP contribution in [0.4, 0.5) is 5.69 Å². The highest BCUT2D eigenvalue weighted by molar-refractivity contribution is 5.61. The minimum absolute atomic E-state index is 0.750. The van der Waals surface area contributed by atoms with E-state index in [4.69, 9.17) is 0 Å². The number of nitrogens with zero attached hydrogens (tertiary/aromatic N) is 1. The number of anilines is 1. The topological polar surface area (TPSA) is 15.3 Å². The second-order valence-electron chi connectivity index (χ2n) is 6.25. The van der Waals surface area contributed by atoms with Crippen molar-refractivity contribution in [1.82, 2.24) is 5.32 Å². The number of hydrogen-bond donors (Lipinski definition) is 1. The first-order valence-electron chi connectivity index (χ1n) is 7.84. The van der Waals surface area contributed by atoms with Crippen molar-refractivity contribution in [2.75, 3.05) is 31.1 Å². The summed E-state index contributed by atoms with van der Waals surface area (Å²) in [6.07, 6.45) is 4.13. The van der Waals surface area contributed by atoms with Gasteiger partial charge in [-0.2, -0.15) is 0 Å². The van der Waals surface area contributed by atoms with Gasteiger partial charge in [0.25, 0.3) is 0 Å². The molecule has 1 saturated heterocycles. The Labute approximate surface area is 117 Å². The zero-order valence-electron chi connectivity index (χ0n) is 12.3. The highest BCUT2D eigenvalue weighted by atomic mass is 15.1. The molecule has 0 aliphatic carbocycles. The SMILES string of the molecule is CCN1CC(CC2CCCNC2)c2cc(C)ccc21. The Morgan fingerprint density at radius 3 is 3.00 bits per heavy atom. The van der Waals surface area contributed by atoms with Crippen LogP contribution in [0.15, 0.2) is 18.2 Å². The van der Waals surface area contributed by atoms with Crippen molar-refractivity contribution in [3.05, 3.63) is 29.3 Å². The molecule has 3 rings (SSSR count). The summed E-state index contributed by atoms with van der Waals surface area (Å²) in [5.41, 5.74) is 4.50. The highest BCUT2D eigenvalue weighted by Crippen LogP contribution is 2.40. The predicted octanol–water partition coefficient (Wildman–Crippen LogP) is 3.31. The summed E-state index contributed by atoms with van der Waals surface area (Å²) in [5.74, 6) is 1.63. The van der Waals surface area contributed by atoms with E-state index in [9.17, 15) is 0 Å². The minimum atomic E-state index is 0.750. The van der Waals surface area contributed by atoms with E-state index < -0.39 is 0 Å². The molecule has 0 radical (unpaired) electrons. The first-order chi connectivity index (χ1) is 9.28. The number of aryl methyl sites for hydroxylation is 1. The molecular weight excluding hydrogens is 232 g/mol.